The summed E-state index contributed by atoms with van der Waals surface area (Å²) in [4.78, 5) is 38.2. The Labute approximate surface area is 448 Å². The Morgan fingerprint density at radius 1 is 0.278 bits per heavy atom. The van der Waals surface area contributed by atoms with Gasteiger partial charge in [-0.05, 0) is 57.8 Å². The minimum Gasteiger partial charge on any atom is -0.462 e. The molecule has 6 heteroatoms. The third-order valence-corrected chi connectivity index (χ3v) is 14.4. The van der Waals surface area contributed by atoms with Crippen LogP contribution in [0.4, 0.5) is 0 Å². The number of carbonyl (C=O) groups excluding carboxylic acids is 3. The number of rotatable bonds is 59. The molecule has 0 bridgehead atoms. The molecule has 6 nitrogen and oxygen atoms in total. The van der Waals surface area contributed by atoms with Crippen LogP contribution in [-0.2, 0) is 28.6 Å². The van der Waals surface area contributed by atoms with Gasteiger partial charge >= 0.3 is 17.9 Å². The molecule has 0 radical (unpaired) electrons. The maximum Gasteiger partial charge on any atom is 0.306 e. The van der Waals surface area contributed by atoms with Crippen LogP contribution in [0.5, 0.6) is 0 Å². The fourth-order valence-electron chi connectivity index (χ4n) is 9.57. The van der Waals surface area contributed by atoms with Crippen molar-refractivity contribution in [2.75, 3.05) is 13.2 Å². The molecule has 1 unspecified atom stereocenters. The molecule has 0 amide bonds. The fraction of sp³-hybridized carbons (Fsp3) is 0.864. The Morgan fingerprint density at radius 2 is 0.500 bits per heavy atom. The van der Waals surface area contributed by atoms with Crippen LogP contribution in [0.2, 0.25) is 0 Å². The minimum atomic E-state index is -0.775. The van der Waals surface area contributed by atoms with Crippen LogP contribution in [0.1, 0.15) is 348 Å². The Balaban J connectivity index is 4.20. The molecule has 0 aromatic carbocycles. The van der Waals surface area contributed by atoms with Crippen LogP contribution in [0.15, 0.2) is 36.5 Å². The highest BCUT2D eigenvalue weighted by molar-refractivity contribution is 5.71. The second kappa shape index (κ2) is 61.2. The normalized spacial score (nSPS) is 12.2. The number of allylic oxidation sites excluding steroid dienone is 6. The summed E-state index contributed by atoms with van der Waals surface area (Å²) >= 11 is 0. The van der Waals surface area contributed by atoms with Crippen LogP contribution in [0.25, 0.3) is 0 Å². The van der Waals surface area contributed by atoms with Gasteiger partial charge in [-0.25, -0.2) is 0 Å². The maximum atomic E-state index is 12.9. The van der Waals surface area contributed by atoms with Gasteiger partial charge in [0.25, 0.3) is 0 Å². The Hall–Kier alpha value is -2.37. The zero-order chi connectivity index (χ0) is 52.2. The SMILES string of the molecule is CCCCC/C=C\C/C=C\C/C=C\CCCCCCCCC(=O)OC(COC(=O)CCCCCCCCCCCC)COC(=O)CCCCCCCCCCCCCCCCCCCCCCCCCCC. The van der Waals surface area contributed by atoms with E-state index in [-0.39, 0.29) is 31.1 Å². The van der Waals surface area contributed by atoms with Gasteiger partial charge in [0.15, 0.2) is 6.10 Å². The van der Waals surface area contributed by atoms with E-state index < -0.39 is 6.10 Å². The van der Waals surface area contributed by atoms with E-state index in [1.165, 1.54) is 231 Å². The van der Waals surface area contributed by atoms with Gasteiger partial charge in [0, 0.05) is 19.3 Å². The van der Waals surface area contributed by atoms with E-state index in [9.17, 15) is 14.4 Å². The summed E-state index contributed by atoms with van der Waals surface area (Å²) in [5.41, 5.74) is 0. The van der Waals surface area contributed by atoms with E-state index in [1.54, 1.807) is 0 Å². The predicted molar refractivity (Wildman–Crippen MR) is 312 cm³/mol. The molecule has 0 aromatic heterocycles. The predicted octanol–water partition coefficient (Wildman–Crippen LogP) is 21.6. The maximum absolute atomic E-state index is 12.9. The standard InChI is InChI=1S/C66H122O6/c1-4-7-10-13-16-19-22-24-26-28-30-31-32-33-34-35-37-38-40-42-44-47-50-53-56-59-65(68)71-62-63(61-70-64(67)58-55-52-49-46-21-18-15-12-9-6-3)72-66(69)60-57-54-51-48-45-43-41-39-36-29-27-25-23-20-17-14-11-8-5-2/h17,20,25,27,36,39,63H,4-16,18-19,21-24,26,28-35,37-38,40-62H2,1-3H3/b20-17-,27-25-,39-36-. The molecular weight excluding hydrogens is 889 g/mol. The third-order valence-electron chi connectivity index (χ3n) is 14.4. The number of ether oxygens (including phenoxy) is 3. The average Bonchev–Trinajstić information content (AvgIpc) is 3.38. The molecule has 0 spiro atoms. The van der Waals surface area contributed by atoms with Gasteiger partial charge in [-0.3, -0.25) is 14.4 Å². The molecule has 0 rings (SSSR count). The lowest BCUT2D eigenvalue weighted by Gasteiger charge is -2.18. The van der Waals surface area contributed by atoms with Gasteiger partial charge in [0.2, 0.25) is 0 Å². The summed E-state index contributed by atoms with van der Waals surface area (Å²) in [7, 11) is 0. The molecule has 0 saturated heterocycles. The Kier molecular flexibility index (Phi) is 59.2. The number of carbonyl (C=O) groups is 3. The first kappa shape index (κ1) is 69.6. The molecule has 0 aromatic rings. The highest BCUT2D eigenvalue weighted by Crippen LogP contribution is 2.18. The van der Waals surface area contributed by atoms with Crippen molar-refractivity contribution in [2.45, 2.75) is 354 Å². The number of hydrogen-bond donors (Lipinski definition) is 0. The molecule has 422 valence electrons. The topological polar surface area (TPSA) is 78.9 Å². The average molecular weight is 1010 g/mol. The van der Waals surface area contributed by atoms with Crippen molar-refractivity contribution in [1.29, 1.82) is 0 Å². The van der Waals surface area contributed by atoms with Gasteiger partial charge in [-0.1, -0.05) is 308 Å². The number of hydrogen-bond acceptors (Lipinski definition) is 6. The zero-order valence-electron chi connectivity index (χ0n) is 48.5. The first-order valence-electron chi connectivity index (χ1n) is 32.0. The summed E-state index contributed by atoms with van der Waals surface area (Å²) in [6.45, 7) is 6.65. The molecule has 0 aliphatic heterocycles. The van der Waals surface area contributed by atoms with Gasteiger partial charge in [0.1, 0.15) is 13.2 Å². The van der Waals surface area contributed by atoms with E-state index >= 15 is 0 Å². The van der Waals surface area contributed by atoms with Crippen molar-refractivity contribution in [3.8, 4) is 0 Å². The summed E-state index contributed by atoms with van der Waals surface area (Å²) < 4.78 is 16.9. The number of unbranched alkanes of at least 4 members (excludes halogenated alkanes) is 42. The van der Waals surface area contributed by atoms with E-state index in [4.69, 9.17) is 14.2 Å². The van der Waals surface area contributed by atoms with Crippen molar-refractivity contribution >= 4 is 17.9 Å². The lowest BCUT2D eigenvalue weighted by Crippen LogP contribution is -2.30. The molecule has 0 fully saturated rings. The van der Waals surface area contributed by atoms with Gasteiger partial charge < -0.3 is 14.2 Å². The molecule has 0 saturated carbocycles. The molecule has 1 atom stereocenters. The largest absolute Gasteiger partial charge is 0.462 e. The second-order valence-electron chi connectivity index (χ2n) is 21.7. The van der Waals surface area contributed by atoms with Crippen LogP contribution in [0, 0.1) is 0 Å². The van der Waals surface area contributed by atoms with E-state index in [2.05, 4.69) is 57.2 Å². The summed E-state index contributed by atoms with van der Waals surface area (Å²) in [6.07, 6.45) is 74.5. The van der Waals surface area contributed by atoms with E-state index in [0.29, 0.717) is 19.3 Å². The van der Waals surface area contributed by atoms with Gasteiger partial charge in [0.05, 0.1) is 0 Å². The monoisotopic (exact) mass is 1010 g/mol. The molecule has 0 N–H and O–H groups in total. The van der Waals surface area contributed by atoms with Crippen LogP contribution in [0.3, 0.4) is 0 Å². The summed E-state index contributed by atoms with van der Waals surface area (Å²) in [5.74, 6) is -0.865. The minimum absolute atomic E-state index is 0.0726. The molecule has 0 aliphatic rings. The molecule has 0 aliphatic carbocycles. The van der Waals surface area contributed by atoms with Crippen LogP contribution in [-0.4, -0.2) is 37.2 Å². The van der Waals surface area contributed by atoms with Gasteiger partial charge in [-0.2, -0.15) is 0 Å². The smallest absolute Gasteiger partial charge is 0.306 e. The Morgan fingerprint density at radius 3 is 0.806 bits per heavy atom. The van der Waals surface area contributed by atoms with Crippen molar-refractivity contribution in [3.63, 3.8) is 0 Å². The molecule has 0 heterocycles. The molecular formula is C66H122O6. The highest BCUT2D eigenvalue weighted by Gasteiger charge is 2.19. The third kappa shape index (κ3) is 58.5. The van der Waals surface area contributed by atoms with Crippen molar-refractivity contribution < 1.29 is 28.6 Å². The first-order valence-corrected chi connectivity index (χ1v) is 32.0. The lowest BCUT2D eigenvalue weighted by molar-refractivity contribution is -0.167. The first-order chi connectivity index (χ1) is 35.5. The van der Waals surface area contributed by atoms with Crippen LogP contribution >= 0.6 is 0 Å². The van der Waals surface area contributed by atoms with Crippen molar-refractivity contribution in [2.24, 2.45) is 0 Å². The fourth-order valence-corrected chi connectivity index (χ4v) is 9.57. The van der Waals surface area contributed by atoms with Gasteiger partial charge in [-0.15, -0.1) is 0 Å². The van der Waals surface area contributed by atoms with Crippen molar-refractivity contribution in [1.82, 2.24) is 0 Å². The quantitative estimate of drug-likeness (QED) is 0.0261. The Bertz CT molecular complexity index is 1210. The second-order valence-corrected chi connectivity index (χ2v) is 21.7. The number of esters is 3. The summed E-state index contributed by atoms with van der Waals surface area (Å²) in [6, 6.07) is 0. The van der Waals surface area contributed by atoms with E-state index in [0.717, 1.165) is 77.0 Å². The highest BCUT2D eigenvalue weighted by atomic mass is 16.6. The zero-order valence-corrected chi connectivity index (χ0v) is 48.5. The van der Waals surface area contributed by atoms with Crippen molar-refractivity contribution in [3.05, 3.63) is 36.5 Å². The van der Waals surface area contributed by atoms with E-state index in [1.807, 2.05) is 0 Å². The molecule has 72 heavy (non-hydrogen) atoms. The van der Waals surface area contributed by atoms with Crippen LogP contribution < -0.4 is 0 Å². The summed E-state index contributed by atoms with van der Waals surface area (Å²) in [5, 5.41) is 0. The lowest BCUT2D eigenvalue weighted by atomic mass is 10.0.